The normalized spacial score (nSPS) is 27.8. The van der Waals surface area contributed by atoms with Gasteiger partial charge in [-0.25, -0.2) is 4.42 Å². The van der Waals surface area contributed by atoms with Gasteiger partial charge in [-0.1, -0.05) is 42.0 Å². The van der Waals surface area contributed by atoms with Gasteiger partial charge >= 0.3 is 0 Å². The maximum absolute atomic E-state index is 13.5. The zero-order valence-electron chi connectivity index (χ0n) is 20.7. The Morgan fingerprint density at radius 2 is 1.89 bits per heavy atom. The second-order valence-electron chi connectivity index (χ2n) is 10.7. The second kappa shape index (κ2) is 11.0. The van der Waals surface area contributed by atoms with Crippen LogP contribution in [0.1, 0.15) is 43.4 Å². The summed E-state index contributed by atoms with van der Waals surface area (Å²) < 4.78 is 8.92. The highest BCUT2D eigenvalue weighted by Crippen LogP contribution is 2.49. The Labute approximate surface area is 238 Å². The second-order valence-corrected chi connectivity index (χ2v) is 13.2. The summed E-state index contributed by atoms with van der Waals surface area (Å²) in [6.07, 6.45) is 8.66. The highest BCUT2D eigenvalue weighted by Gasteiger charge is 2.48. The minimum absolute atomic E-state index is 0.0434. The molecule has 1 amide bonds. The minimum Gasteiger partial charge on any atom is -0.456 e. The van der Waals surface area contributed by atoms with Crippen molar-refractivity contribution >= 4 is 63.7 Å². The summed E-state index contributed by atoms with van der Waals surface area (Å²) in [7, 11) is 0. The van der Waals surface area contributed by atoms with Gasteiger partial charge < -0.3 is 9.32 Å². The van der Waals surface area contributed by atoms with Crippen LogP contribution in [0.3, 0.4) is 0 Å². The lowest BCUT2D eigenvalue weighted by molar-refractivity contribution is -0.124. The van der Waals surface area contributed by atoms with E-state index in [1.54, 1.807) is 0 Å². The molecule has 2 aliphatic heterocycles. The van der Waals surface area contributed by atoms with Gasteiger partial charge in [-0.05, 0) is 98.2 Å². The summed E-state index contributed by atoms with van der Waals surface area (Å²) in [5.41, 5.74) is 2.09. The van der Waals surface area contributed by atoms with Crippen LogP contribution in [0.5, 0.6) is 0 Å². The summed E-state index contributed by atoms with van der Waals surface area (Å²) in [4.78, 5) is 18.6. The number of benzene rings is 1. The number of furan rings is 1. The fraction of sp³-hybridized carbons (Fsp3) is 0.500. The van der Waals surface area contributed by atoms with E-state index in [9.17, 15) is 4.79 Å². The number of rotatable bonds is 7. The Balaban J connectivity index is 1.22. The molecule has 1 aromatic heterocycles. The molecule has 9 heteroatoms. The Morgan fingerprint density at radius 3 is 2.59 bits per heavy atom. The van der Waals surface area contributed by atoms with Crippen molar-refractivity contribution in [3.8, 4) is 11.3 Å². The van der Waals surface area contributed by atoms with Gasteiger partial charge in [0.2, 0.25) is 0 Å². The molecule has 3 heterocycles. The van der Waals surface area contributed by atoms with E-state index in [0.29, 0.717) is 20.2 Å². The van der Waals surface area contributed by atoms with E-state index in [1.807, 2.05) is 39.7 Å². The Bertz CT molecular complexity index is 1210. The van der Waals surface area contributed by atoms with Crippen molar-refractivity contribution < 1.29 is 9.21 Å². The molecule has 4 fully saturated rings. The van der Waals surface area contributed by atoms with Gasteiger partial charge in [0.25, 0.3) is 5.91 Å². The molecule has 2 bridgehead atoms. The number of thiocarbonyl (C=S) groups is 1. The van der Waals surface area contributed by atoms with Crippen LogP contribution in [0.15, 0.2) is 39.7 Å². The van der Waals surface area contributed by atoms with Crippen molar-refractivity contribution in [3.63, 3.8) is 0 Å². The van der Waals surface area contributed by atoms with Crippen molar-refractivity contribution in [2.75, 3.05) is 32.7 Å². The zero-order valence-corrected chi connectivity index (χ0v) is 23.8. The highest BCUT2D eigenvalue weighted by atomic mass is 35.5. The molecule has 2 saturated carbocycles. The molecule has 196 valence electrons. The van der Waals surface area contributed by atoms with Crippen LogP contribution in [0.2, 0.25) is 5.02 Å². The van der Waals surface area contributed by atoms with Gasteiger partial charge in [0, 0.05) is 48.9 Å². The number of carbonyl (C=O) groups is 1. The Hall–Kier alpha value is -1.35. The van der Waals surface area contributed by atoms with Gasteiger partial charge in [-0.2, -0.15) is 0 Å². The quantitative estimate of drug-likeness (QED) is 0.208. The van der Waals surface area contributed by atoms with Gasteiger partial charge in [0.15, 0.2) is 0 Å². The van der Waals surface area contributed by atoms with Gasteiger partial charge in [0.1, 0.15) is 15.8 Å². The molecule has 37 heavy (non-hydrogen) atoms. The summed E-state index contributed by atoms with van der Waals surface area (Å²) in [5.74, 6) is 2.95. The molecular weight excluding hydrogens is 545 g/mol. The first-order valence-corrected chi connectivity index (χ1v) is 15.2. The van der Waals surface area contributed by atoms with Crippen LogP contribution in [0.25, 0.3) is 17.4 Å². The lowest BCUT2D eigenvalue weighted by atomic mass is 9.94. The molecule has 0 spiro atoms. The van der Waals surface area contributed by atoms with Crippen molar-refractivity contribution in [3.05, 3.63) is 51.6 Å². The van der Waals surface area contributed by atoms with Crippen LogP contribution < -0.4 is 0 Å². The van der Waals surface area contributed by atoms with E-state index < -0.39 is 0 Å². The van der Waals surface area contributed by atoms with Gasteiger partial charge in [-0.15, -0.1) is 0 Å². The first-order valence-electron chi connectivity index (χ1n) is 13.2. The number of nitrogens with zero attached hydrogens (tertiary/aromatic N) is 3. The number of halogens is 2. The van der Waals surface area contributed by atoms with Gasteiger partial charge in [-0.3, -0.25) is 9.69 Å². The van der Waals surface area contributed by atoms with E-state index >= 15 is 0 Å². The molecule has 0 N–H and O–H groups in total. The molecule has 4 aliphatic rings. The smallest absolute Gasteiger partial charge is 0.266 e. The van der Waals surface area contributed by atoms with Crippen molar-refractivity contribution in [1.82, 2.24) is 14.2 Å². The van der Waals surface area contributed by atoms with E-state index in [0.717, 1.165) is 80.6 Å². The highest BCUT2D eigenvalue weighted by molar-refractivity contribution is 8.26. The summed E-state index contributed by atoms with van der Waals surface area (Å²) in [5, 5.41) is 0.692. The Morgan fingerprint density at radius 1 is 1.11 bits per heavy atom. The first kappa shape index (κ1) is 25.9. The number of hydrogen-bond acceptors (Lipinski definition) is 6. The van der Waals surface area contributed by atoms with Gasteiger partial charge in [0.05, 0.1) is 4.91 Å². The average molecular weight is 577 g/mol. The van der Waals surface area contributed by atoms with Crippen LogP contribution in [0.4, 0.5) is 0 Å². The Kier molecular flexibility index (Phi) is 7.72. The standard InChI is InChI=1S/C28H31Cl2N3O2S2/c29-22-7-5-19(6-8-22)24-16-21(2-1-9-31-10-12-32(30)13-11-31)25(35-24)17-26-27(34)33(28(36)37-26)23-15-18-3-4-20(23)14-18/h5-8,16-18,20,23H,1-4,9-15H2/b26-17-. The molecule has 3 unspecified atom stereocenters. The molecule has 1 aromatic carbocycles. The predicted molar refractivity (Wildman–Crippen MR) is 156 cm³/mol. The fourth-order valence-corrected chi connectivity index (χ4v) is 7.99. The molecule has 5 nitrogen and oxygen atoms in total. The van der Waals surface area contributed by atoms with E-state index in [1.165, 1.54) is 31.0 Å². The number of hydrogen-bond donors (Lipinski definition) is 0. The maximum atomic E-state index is 13.5. The lowest BCUT2D eigenvalue weighted by Gasteiger charge is -2.30. The van der Waals surface area contributed by atoms with Crippen LogP contribution in [-0.4, -0.2) is 63.2 Å². The molecular formula is C28H31Cl2N3O2S2. The fourth-order valence-electron chi connectivity index (χ4n) is 6.37. The number of amides is 1. The number of carbonyl (C=O) groups excluding carboxylic acids is 1. The van der Waals surface area contributed by atoms with Crippen LogP contribution in [0, 0.1) is 11.8 Å². The number of fused-ring (bicyclic) bond motifs is 2. The lowest BCUT2D eigenvalue weighted by Crippen LogP contribution is -2.42. The third kappa shape index (κ3) is 5.54. The SMILES string of the molecule is O=C1/C(=C/c2oc(-c3ccc(Cl)cc3)cc2CCCN2CCN(Cl)CC2)SC(=S)N1C1CC2CCC1C2. The first-order chi connectivity index (χ1) is 17.9. The zero-order chi connectivity index (χ0) is 25.5. The summed E-state index contributed by atoms with van der Waals surface area (Å²) in [6, 6.07) is 10.1. The summed E-state index contributed by atoms with van der Waals surface area (Å²) in [6.45, 7) is 4.78. The third-order valence-electron chi connectivity index (χ3n) is 8.33. The van der Waals surface area contributed by atoms with Crippen molar-refractivity contribution in [2.45, 2.75) is 44.6 Å². The van der Waals surface area contributed by atoms with Crippen molar-refractivity contribution in [2.24, 2.45) is 11.8 Å². The molecule has 3 atom stereocenters. The molecule has 2 aromatic rings. The molecule has 2 saturated heterocycles. The number of piperazine rings is 1. The van der Waals surface area contributed by atoms with E-state index in [-0.39, 0.29) is 11.9 Å². The molecule has 0 radical (unpaired) electrons. The minimum atomic E-state index is 0.0434. The summed E-state index contributed by atoms with van der Waals surface area (Å²) >= 11 is 19.3. The molecule has 2 aliphatic carbocycles. The number of thioether (sulfide) groups is 1. The monoisotopic (exact) mass is 575 g/mol. The maximum Gasteiger partial charge on any atom is 0.266 e. The van der Waals surface area contributed by atoms with E-state index in [2.05, 4.69) is 11.0 Å². The third-order valence-corrected chi connectivity index (χ3v) is 10.2. The van der Waals surface area contributed by atoms with E-state index in [4.69, 9.17) is 40.0 Å². The average Bonchev–Trinajstić information content (AvgIpc) is 3.66. The van der Waals surface area contributed by atoms with Crippen LogP contribution >= 0.6 is 47.4 Å². The van der Waals surface area contributed by atoms with Crippen molar-refractivity contribution in [1.29, 1.82) is 0 Å². The predicted octanol–water partition coefficient (Wildman–Crippen LogP) is 6.69. The van der Waals surface area contributed by atoms with Crippen LogP contribution in [-0.2, 0) is 11.2 Å². The number of aryl methyl sites for hydroxylation is 1. The molecule has 6 rings (SSSR count). The topological polar surface area (TPSA) is 39.9 Å². The largest absolute Gasteiger partial charge is 0.456 e.